The lowest BCUT2D eigenvalue weighted by Crippen LogP contribution is -2.22. The van der Waals surface area contributed by atoms with E-state index >= 15 is 0 Å². The van der Waals surface area contributed by atoms with Crippen LogP contribution in [0.15, 0.2) is 18.2 Å². The number of amides is 1. The maximum Gasteiger partial charge on any atom is 0.253 e. The minimum absolute atomic E-state index is 0.0390. The third-order valence-corrected chi connectivity index (χ3v) is 2.47. The molecule has 0 aliphatic carbocycles. The van der Waals surface area contributed by atoms with E-state index in [1.165, 1.54) is 4.90 Å². The molecule has 0 aromatic heterocycles. The number of carbonyl (C=O) groups is 1. The van der Waals surface area contributed by atoms with Crippen LogP contribution in [0, 0.1) is 0 Å². The summed E-state index contributed by atoms with van der Waals surface area (Å²) in [6, 6.07) is 5.23. The fraction of sp³-hybridized carbons (Fsp3) is 0.462. The van der Waals surface area contributed by atoms with Crippen LogP contribution in [-0.2, 0) is 4.74 Å². The van der Waals surface area contributed by atoms with Crippen LogP contribution >= 0.6 is 0 Å². The van der Waals surface area contributed by atoms with Gasteiger partial charge in [0.25, 0.3) is 5.91 Å². The van der Waals surface area contributed by atoms with Crippen LogP contribution < -0.4 is 11.1 Å². The predicted molar refractivity (Wildman–Crippen MR) is 73.9 cm³/mol. The predicted octanol–water partition coefficient (Wildman–Crippen LogP) is 1.42. The molecule has 0 spiro atoms. The van der Waals surface area contributed by atoms with Gasteiger partial charge in [0.15, 0.2) is 0 Å². The first kappa shape index (κ1) is 14.3. The summed E-state index contributed by atoms with van der Waals surface area (Å²) in [4.78, 5) is 13.4. The molecular formula is C13H21N3O2. The Hall–Kier alpha value is -1.75. The number of nitrogens with two attached hydrogens (primary N) is 1. The highest BCUT2D eigenvalue weighted by Gasteiger charge is 2.09. The van der Waals surface area contributed by atoms with Crippen LogP contribution in [0.5, 0.6) is 0 Å². The van der Waals surface area contributed by atoms with Gasteiger partial charge in [-0.1, -0.05) is 0 Å². The standard InChI is InChI=1S/C13H21N3O2/c1-4-18-8-7-15-12-9-10(5-6-11(12)14)13(17)16(2)3/h5-6,9,15H,4,7-8,14H2,1-3H3. The molecule has 0 saturated carbocycles. The molecule has 5 heteroatoms. The molecule has 3 N–H and O–H groups in total. The van der Waals surface area contributed by atoms with Crippen molar-refractivity contribution in [2.45, 2.75) is 6.92 Å². The van der Waals surface area contributed by atoms with E-state index in [-0.39, 0.29) is 5.91 Å². The summed E-state index contributed by atoms with van der Waals surface area (Å²) in [6.07, 6.45) is 0. The minimum Gasteiger partial charge on any atom is -0.397 e. The van der Waals surface area contributed by atoms with Crippen LogP contribution in [0.1, 0.15) is 17.3 Å². The first-order chi connectivity index (χ1) is 8.56. The molecule has 100 valence electrons. The molecule has 1 rings (SSSR count). The SMILES string of the molecule is CCOCCNc1cc(C(=O)N(C)C)ccc1N. The second kappa shape index (κ2) is 6.86. The second-order valence-electron chi connectivity index (χ2n) is 4.13. The molecule has 0 aliphatic heterocycles. The average Bonchev–Trinajstić information content (AvgIpc) is 2.35. The Balaban J connectivity index is 2.72. The van der Waals surface area contributed by atoms with Crippen molar-refractivity contribution in [1.82, 2.24) is 4.90 Å². The number of anilines is 2. The van der Waals surface area contributed by atoms with Gasteiger partial charge in [-0.15, -0.1) is 0 Å². The maximum atomic E-state index is 11.8. The number of nitrogens with one attached hydrogen (secondary N) is 1. The molecule has 0 aliphatic rings. The number of nitrogens with zero attached hydrogens (tertiary/aromatic N) is 1. The molecule has 0 fully saturated rings. The van der Waals surface area contributed by atoms with Gasteiger partial charge in [-0.2, -0.15) is 0 Å². The summed E-state index contributed by atoms with van der Waals surface area (Å²) in [5.41, 5.74) is 7.86. The Bertz CT molecular complexity index is 405. The Kier molecular flexibility index (Phi) is 5.45. The number of ether oxygens (including phenoxy) is 1. The molecule has 1 amide bonds. The molecule has 18 heavy (non-hydrogen) atoms. The molecule has 0 saturated heterocycles. The van der Waals surface area contributed by atoms with E-state index in [4.69, 9.17) is 10.5 Å². The molecule has 0 atom stereocenters. The summed E-state index contributed by atoms with van der Waals surface area (Å²) >= 11 is 0. The van der Waals surface area contributed by atoms with Crippen LogP contribution in [0.25, 0.3) is 0 Å². The largest absolute Gasteiger partial charge is 0.397 e. The quantitative estimate of drug-likeness (QED) is 0.592. The van der Waals surface area contributed by atoms with Crippen molar-refractivity contribution in [1.29, 1.82) is 0 Å². The van der Waals surface area contributed by atoms with Gasteiger partial charge < -0.3 is 20.7 Å². The van der Waals surface area contributed by atoms with Crippen molar-refractivity contribution in [3.63, 3.8) is 0 Å². The van der Waals surface area contributed by atoms with E-state index in [9.17, 15) is 4.79 Å². The zero-order chi connectivity index (χ0) is 13.5. The zero-order valence-electron chi connectivity index (χ0n) is 11.2. The summed E-state index contributed by atoms with van der Waals surface area (Å²) < 4.78 is 5.23. The number of carbonyl (C=O) groups excluding carboxylic acids is 1. The maximum absolute atomic E-state index is 11.8. The molecule has 0 radical (unpaired) electrons. The lowest BCUT2D eigenvalue weighted by molar-refractivity contribution is 0.0827. The first-order valence-electron chi connectivity index (χ1n) is 5.99. The average molecular weight is 251 g/mol. The monoisotopic (exact) mass is 251 g/mol. The van der Waals surface area contributed by atoms with Crippen LogP contribution in [-0.4, -0.2) is 44.7 Å². The molecule has 0 heterocycles. The third-order valence-electron chi connectivity index (χ3n) is 2.47. The number of hydrogen-bond donors (Lipinski definition) is 2. The highest BCUT2D eigenvalue weighted by Crippen LogP contribution is 2.20. The topological polar surface area (TPSA) is 67.6 Å². The zero-order valence-corrected chi connectivity index (χ0v) is 11.2. The molecule has 0 unspecified atom stereocenters. The fourth-order valence-electron chi connectivity index (χ4n) is 1.50. The van der Waals surface area contributed by atoms with Crippen molar-refractivity contribution < 1.29 is 9.53 Å². The van der Waals surface area contributed by atoms with Gasteiger partial charge in [0.05, 0.1) is 18.0 Å². The summed E-state index contributed by atoms with van der Waals surface area (Å²) in [5.74, 6) is -0.0390. The third kappa shape index (κ3) is 3.92. The number of rotatable bonds is 6. The van der Waals surface area contributed by atoms with Crippen LogP contribution in [0.2, 0.25) is 0 Å². The van der Waals surface area contributed by atoms with Gasteiger partial charge in [0.1, 0.15) is 0 Å². The van der Waals surface area contributed by atoms with Gasteiger partial charge >= 0.3 is 0 Å². The molecule has 0 bridgehead atoms. The van der Waals surface area contributed by atoms with E-state index in [1.807, 2.05) is 6.92 Å². The van der Waals surface area contributed by atoms with Crippen molar-refractivity contribution >= 4 is 17.3 Å². The minimum atomic E-state index is -0.0390. The molecule has 5 nitrogen and oxygen atoms in total. The van der Waals surface area contributed by atoms with E-state index in [1.54, 1.807) is 32.3 Å². The Morgan fingerprint density at radius 2 is 2.17 bits per heavy atom. The number of hydrogen-bond acceptors (Lipinski definition) is 4. The van der Waals surface area contributed by atoms with E-state index in [0.717, 1.165) is 5.69 Å². The van der Waals surface area contributed by atoms with Gasteiger partial charge in [-0.3, -0.25) is 4.79 Å². The van der Waals surface area contributed by atoms with Crippen LogP contribution in [0.4, 0.5) is 11.4 Å². The Morgan fingerprint density at radius 3 is 2.78 bits per heavy atom. The molecular weight excluding hydrogens is 230 g/mol. The summed E-state index contributed by atoms with van der Waals surface area (Å²) in [7, 11) is 3.45. The second-order valence-corrected chi connectivity index (χ2v) is 4.13. The highest BCUT2D eigenvalue weighted by molar-refractivity contribution is 5.95. The van der Waals surface area contributed by atoms with Crippen molar-refractivity contribution in [2.24, 2.45) is 0 Å². The normalized spacial score (nSPS) is 10.2. The van der Waals surface area contributed by atoms with E-state index < -0.39 is 0 Å². The van der Waals surface area contributed by atoms with Crippen molar-refractivity contribution in [3.8, 4) is 0 Å². The van der Waals surface area contributed by atoms with Crippen molar-refractivity contribution in [2.75, 3.05) is 44.9 Å². The van der Waals surface area contributed by atoms with E-state index in [2.05, 4.69) is 5.32 Å². The Morgan fingerprint density at radius 1 is 1.44 bits per heavy atom. The number of nitrogen functional groups attached to an aromatic ring is 1. The van der Waals surface area contributed by atoms with Gasteiger partial charge in [0, 0.05) is 32.8 Å². The highest BCUT2D eigenvalue weighted by atomic mass is 16.5. The van der Waals surface area contributed by atoms with Gasteiger partial charge in [-0.05, 0) is 25.1 Å². The summed E-state index contributed by atoms with van der Waals surface area (Å²) in [6.45, 7) is 3.92. The molecule has 1 aromatic carbocycles. The van der Waals surface area contributed by atoms with Gasteiger partial charge in [-0.25, -0.2) is 0 Å². The van der Waals surface area contributed by atoms with Crippen molar-refractivity contribution in [3.05, 3.63) is 23.8 Å². The first-order valence-corrected chi connectivity index (χ1v) is 5.99. The lowest BCUT2D eigenvalue weighted by Gasteiger charge is -2.14. The van der Waals surface area contributed by atoms with Crippen LogP contribution in [0.3, 0.4) is 0 Å². The molecule has 1 aromatic rings. The Labute approximate surface area is 108 Å². The fourth-order valence-corrected chi connectivity index (χ4v) is 1.50. The smallest absolute Gasteiger partial charge is 0.253 e. The van der Waals surface area contributed by atoms with E-state index in [0.29, 0.717) is 31.0 Å². The lowest BCUT2D eigenvalue weighted by atomic mass is 10.1. The number of benzene rings is 1. The summed E-state index contributed by atoms with van der Waals surface area (Å²) in [5, 5.41) is 3.16. The van der Waals surface area contributed by atoms with Gasteiger partial charge in [0.2, 0.25) is 0 Å².